The second-order valence-corrected chi connectivity index (χ2v) is 6.17. The van der Waals surface area contributed by atoms with E-state index < -0.39 is 5.97 Å². The molecule has 0 unspecified atom stereocenters. The molecule has 0 aliphatic carbocycles. The Kier molecular flexibility index (Phi) is 6.35. The van der Waals surface area contributed by atoms with Crippen LogP contribution >= 0.6 is 23.2 Å². The lowest BCUT2D eigenvalue weighted by Gasteiger charge is -2.14. The number of aryl methyl sites for hydroxylation is 2. The molecule has 2 aromatic carbocycles. The number of halogens is 2. The van der Waals surface area contributed by atoms with Crippen molar-refractivity contribution < 1.29 is 14.3 Å². The molecule has 0 amide bonds. The van der Waals surface area contributed by atoms with Gasteiger partial charge in [0.05, 0.1) is 23.4 Å². The average molecular weight is 368 g/mol. The molecule has 0 aromatic heterocycles. The van der Waals surface area contributed by atoms with Crippen LogP contribution in [0.25, 0.3) is 0 Å². The average Bonchev–Trinajstić information content (AvgIpc) is 2.55. The van der Waals surface area contributed by atoms with Gasteiger partial charge in [0.25, 0.3) is 0 Å². The van der Waals surface area contributed by atoms with Gasteiger partial charge in [0.2, 0.25) is 0 Å². The SMILES string of the molecule is COC(=O)c1cc(Cl)cc(Cl)c1NCCOc1ccc(C)c(C)c1. The molecular formula is C18H19Cl2NO3. The number of anilines is 1. The molecule has 0 saturated heterocycles. The summed E-state index contributed by atoms with van der Waals surface area (Å²) in [5.41, 5.74) is 3.17. The molecule has 128 valence electrons. The van der Waals surface area contributed by atoms with Crippen LogP contribution in [0, 0.1) is 13.8 Å². The minimum atomic E-state index is -0.503. The van der Waals surface area contributed by atoms with E-state index in [4.69, 9.17) is 32.7 Å². The summed E-state index contributed by atoms with van der Waals surface area (Å²) in [7, 11) is 1.31. The third kappa shape index (κ3) is 4.56. The number of hydrogen-bond acceptors (Lipinski definition) is 4. The van der Waals surface area contributed by atoms with Crippen molar-refractivity contribution in [2.75, 3.05) is 25.6 Å². The van der Waals surface area contributed by atoms with Gasteiger partial charge in [-0.2, -0.15) is 0 Å². The zero-order valence-electron chi connectivity index (χ0n) is 13.8. The molecule has 4 nitrogen and oxygen atoms in total. The fourth-order valence-electron chi connectivity index (χ4n) is 2.17. The van der Waals surface area contributed by atoms with Crippen molar-refractivity contribution in [3.05, 3.63) is 57.1 Å². The molecule has 0 atom stereocenters. The molecule has 0 radical (unpaired) electrons. The largest absolute Gasteiger partial charge is 0.492 e. The third-order valence-electron chi connectivity index (χ3n) is 3.61. The number of carbonyl (C=O) groups excluding carboxylic acids is 1. The Morgan fingerprint density at radius 3 is 2.54 bits per heavy atom. The predicted octanol–water partition coefficient (Wildman–Crippen LogP) is 4.89. The first-order valence-electron chi connectivity index (χ1n) is 7.43. The van der Waals surface area contributed by atoms with Gasteiger partial charge < -0.3 is 14.8 Å². The highest BCUT2D eigenvalue weighted by Gasteiger charge is 2.16. The Hall–Kier alpha value is -1.91. The lowest BCUT2D eigenvalue weighted by Crippen LogP contribution is -2.15. The molecule has 2 rings (SSSR count). The Morgan fingerprint density at radius 2 is 1.88 bits per heavy atom. The highest BCUT2D eigenvalue weighted by Crippen LogP contribution is 2.30. The van der Waals surface area contributed by atoms with Crippen molar-refractivity contribution in [2.45, 2.75) is 13.8 Å². The van der Waals surface area contributed by atoms with Gasteiger partial charge in [0.15, 0.2) is 0 Å². The van der Waals surface area contributed by atoms with Gasteiger partial charge in [-0.05, 0) is 49.2 Å². The molecule has 0 heterocycles. The van der Waals surface area contributed by atoms with Crippen molar-refractivity contribution in [1.82, 2.24) is 0 Å². The molecule has 2 aromatic rings. The van der Waals surface area contributed by atoms with Crippen LogP contribution in [0.2, 0.25) is 10.0 Å². The summed E-state index contributed by atoms with van der Waals surface area (Å²) in [4.78, 5) is 11.9. The summed E-state index contributed by atoms with van der Waals surface area (Å²) < 4.78 is 10.5. The topological polar surface area (TPSA) is 47.6 Å². The van der Waals surface area contributed by atoms with Crippen molar-refractivity contribution in [2.24, 2.45) is 0 Å². The van der Waals surface area contributed by atoms with Gasteiger partial charge in [-0.15, -0.1) is 0 Å². The van der Waals surface area contributed by atoms with Gasteiger partial charge in [-0.1, -0.05) is 29.3 Å². The number of carbonyl (C=O) groups is 1. The van der Waals surface area contributed by atoms with Crippen LogP contribution in [-0.2, 0) is 4.74 Å². The maximum atomic E-state index is 11.9. The van der Waals surface area contributed by atoms with Crippen molar-refractivity contribution in [3.63, 3.8) is 0 Å². The minimum Gasteiger partial charge on any atom is -0.492 e. The lowest BCUT2D eigenvalue weighted by atomic mass is 10.1. The first kappa shape index (κ1) is 18.4. The smallest absolute Gasteiger partial charge is 0.340 e. The van der Waals surface area contributed by atoms with Gasteiger partial charge >= 0.3 is 5.97 Å². The lowest BCUT2D eigenvalue weighted by molar-refractivity contribution is 0.0602. The molecule has 0 fully saturated rings. The Balaban J connectivity index is 2.01. The first-order valence-corrected chi connectivity index (χ1v) is 8.19. The first-order chi connectivity index (χ1) is 11.4. The molecule has 6 heteroatoms. The van der Waals surface area contributed by atoms with Crippen LogP contribution in [0.5, 0.6) is 5.75 Å². The van der Waals surface area contributed by atoms with E-state index in [0.717, 1.165) is 5.75 Å². The highest BCUT2D eigenvalue weighted by molar-refractivity contribution is 6.37. The van der Waals surface area contributed by atoms with Crippen LogP contribution in [0.4, 0.5) is 5.69 Å². The van der Waals surface area contributed by atoms with E-state index in [1.807, 2.05) is 25.1 Å². The number of ether oxygens (including phenoxy) is 2. The van der Waals surface area contributed by atoms with E-state index in [1.165, 1.54) is 24.3 Å². The third-order valence-corrected chi connectivity index (χ3v) is 4.13. The second kappa shape index (κ2) is 8.27. The zero-order valence-corrected chi connectivity index (χ0v) is 15.3. The van der Waals surface area contributed by atoms with Gasteiger partial charge in [-0.3, -0.25) is 0 Å². The summed E-state index contributed by atoms with van der Waals surface area (Å²) in [6.45, 7) is 4.98. The molecule has 0 aliphatic rings. The summed E-state index contributed by atoms with van der Waals surface area (Å²) >= 11 is 12.1. The fraction of sp³-hybridized carbons (Fsp3) is 0.278. The molecule has 0 spiro atoms. The predicted molar refractivity (Wildman–Crippen MR) is 97.7 cm³/mol. The normalized spacial score (nSPS) is 10.4. The summed E-state index contributed by atoms with van der Waals surface area (Å²) in [5, 5.41) is 3.83. The molecule has 1 N–H and O–H groups in total. The van der Waals surface area contributed by atoms with Crippen LogP contribution in [-0.4, -0.2) is 26.2 Å². The van der Waals surface area contributed by atoms with Crippen LogP contribution in [0.15, 0.2) is 30.3 Å². The van der Waals surface area contributed by atoms with Crippen LogP contribution in [0.3, 0.4) is 0 Å². The maximum absolute atomic E-state index is 11.9. The Morgan fingerprint density at radius 1 is 1.12 bits per heavy atom. The summed E-state index contributed by atoms with van der Waals surface area (Å²) in [6.07, 6.45) is 0. The monoisotopic (exact) mass is 367 g/mol. The van der Waals surface area contributed by atoms with E-state index in [1.54, 1.807) is 6.07 Å². The highest BCUT2D eigenvalue weighted by atomic mass is 35.5. The molecular weight excluding hydrogens is 349 g/mol. The number of methoxy groups -OCH3 is 1. The van der Waals surface area contributed by atoms with Crippen molar-refractivity contribution in [1.29, 1.82) is 0 Å². The number of esters is 1. The second-order valence-electron chi connectivity index (χ2n) is 5.32. The van der Waals surface area contributed by atoms with E-state index in [9.17, 15) is 4.79 Å². The van der Waals surface area contributed by atoms with Crippen LogP contribution < -0.4 is 10.1 Å². The summed E-state index contributed by atoms with van der Waals surface area (Å²) in [5.74, 6) is 0.298. The number of nitrogens with one attached hydrogen (secondary N) is 1. The van der Waals surface area contributed by atoms with Crippen molar-refractivity contribution in [3.8, 4) is 5.75 Å². The van der Waals surface area contributed by atoms with E-state index >= 15 is 0 Å². The molecule has 24 heavy (non-hydrogen) atoms. The molecule has 0 aliphatic heterocycles. The van der Waals surface area contributed by atoms with Gasteiger partial charge in [0.1, 0.15) is 12.4 Å². The number of hydrogen-bond donors (Lipinski definition) is 1. The standard InChI is InChI=1S/C18H19Cl2NO3/c1-11-4-5-14(8-12(11)2)24-7-6-21-17-15(18(22)23-3)9-13(19)10-16(17)20/h4-5,8-10,21H,6-7H2,1-3H3. The zero-order chi connectivity index (χ0) is 17.7. The fourth-order valence-corrected chi connectivity index (χ4v) is 2.73. The van der Waals surface area contributed by atoms with Crippen LogP contribution in [0.1, 0.15) is 21.5 Å². The molecule has 0 saturated carbocycles. The van der Waals surface area contributed by atoms with Gasteiger partial charge in [-0.25, -0.2) is 4.79 Å². The number of benzene rings is 2. The summed E-state index contributed by atoms with van der Waals surface area (Å²) in [6, 6.07) is 9.03. The number of rotatable bonds is 6. The van der Waals surface area contributed by atoms with Crippen molar-refractivity contribution >= 4 is 34.9 Å². The molecule has 0 bridgehead atoms. The van der Waals surface area contributed by atoms with E-state index in [2.05, 4.69) is 12.2 Å². The quantitative estimate of drug-likeness (QED) is 0.583. The van der Waals surface area contributed by atoms with Gasteiger partial charge in [0, 0.05) is 11.6 Å². The Bertz CT molecular complexity index is 747. The minimum absolute atomic E-state index is 0.293. The Labute approximate surface area is 151 Å². The van der Waals surface area contributed by atoms with E-state index in [0.29, 0.717) is 34.4 Å². The van der Waals surface area contributed by atoms with E-state index in [-0.39, 0.29) is 0 Å². The maximum Gasteiger partial charge on any atom is 0.340 e.